The number of aromatic nitrogens is 1. The number of nitrogens with zero attached hydrogens (tertiary/aromatic N) is 2. The van der Waals surface area contributed by atoms with Gasteiger partial charge in [-0.05, 0) is 25.8 Å². The summed E-state index contributed by atoms with van der Waals surface area (Å²) < 4.78 is 0. The van der Waals surface area contributed by atoms with Crippen LogP contribution in [-0.2, 0) is 19.5 Å². The van der Waals surface area contributed by atoms with Crippen LogP contribution in [0.25, 0.3) is 0 Å². The van der Waals surface area contributed by atoms with Gasteiger partial charge in [0, 0.05) is 24.5 Å². The van der Waals surface area contributed by atoms with E-state index in [1.54, 1.807) is 11.3 Å². The van der Waals surface area contributed by atoms with Crippen LogP contribution in [0.4, 0.5) is 0 Å². The molecule has 0 aliphatic carbocycles. The molecule has 0 spiro atoms. The van der Waals surface area contributed by atoms with Gasteiger partial charge in [-0.25, -0.2) is 4.98 Å². The van der Waals surface area contributed by atoms with Crippen molar-refractivity contribution in [1.82, 2.24) is 9.88 Å². The Labute approximate surface area is 120 Å². The van der Waals surface area contributed by atoms with Crippen molar-refractivity contribution in [3.8, 4) is 0 Å². The van der Waals surface area contributed by atoms with Crippen LogP contribution in [0, 0.1) is 0 Å². The molecule has 1 aromatic heterocycles. The van der Waals surface area contributed by atoms with Crippen LogP contribution >= 0.6 is 11.3 Å². The number of rotatable bonds is 6. The van der Waals surface area contributed by atoms with E-state index in [-0.39, 0.29) is 0 Å². The van der Waals surface area contributed by atoms with E-state index in [9.17, 15) is 0 Å². The first-order chi connectivity index (χ1) is 9.19. The van der Waals surface area contributed by atoms with E-state index in [1.807, 2.05) is 0 Å². The average Bonchev–Trinajstić information content (AvgIpc) is 2.87. The topological polar surface area (TPSA) is 16.1 Å². The Balaban J connectivity index is 2.04. The van der Waals surface area contributed by atoms with Gasteiger partial charge in [-0.15, -0.1) is 11.3 Å². The molecule has 0 unspecified atom stereocenters. The summed E-state index contributed by atoms with van der Waals surface area (Å²) in [4.78, 5) is 7.13. The second-order valence-electron chi connectivity index (χ2n) is 5.07. The van der Waals surface area contributed by atoms with Crippen molar-refractivity contribution in [1.29, 1.82) is 0 Å². The molecule has 1 aromatic carbocycles. The normalized spacial score (nSPS) is 11.4. The van der Waals surface area contributed by atoms with Crippen LogP contribution in [0.3, 0.4) is 0 Å². The number of benzene rings is 1. The van der Waals surface area contributed by atoms with Crippen LogP contribution in [0.15, 0.2) is 35.7 Å². The molecule has 0 aliphatic heterocycles. The Morgan fingerprint density at radius 1 is 1.16 bits per heavy atom. The van der Waals surface area contributed by atoms with Crippen molar-refractivity contribution < 1.29 is 0 Å². The molecule has 3 heteroatoms. The van der Waals surface area contributed by atoms with Gasteiger partial charge in [0.15, 0.2) is 0 Å². The molecule has 2 nitrogen and oxygen atoms in total. The van der Waals surface area contributed by atoms with Gasteiger partial charge in [-0.3, -0.25) is 4.90 Å². The molecule has 0 radical (unpaired) electrons. The van der Waals surface area contributed by atoms with Gasteiger partial charge in [0.1, 0.15) is 0 Å². The van der Waals surface area contributed by atoms with E-state index >= 15 is 0 Å². The van der Waals surface area contributed by atoms with E-state index in [0.29, 0.717) is 6.04 Å². The van der Waals surface area contributed by atoms with Crippen LogP contribution in [0.1, 0.15) is 37.0 Å². The molecule has 102 valence electrons. The first-order valence-electron chi connectivity index (χ1n) is 6.90. The van der Waals surface area contributed by atoms with Crippen LogP contribution < -0.4 is 0 Å². The SMILES string of the molecule is CCc1nc(CN(Cc2ccccc2)C(C)C)cs1. The molecule has 0 fully saturated rings. The lowest BCUT2D eigenvalue weighted by Crippen LogP contribution is -2.29. The highest BCUT2D eigenvalue weighted by atomic mass is 32.1. The predicted molar refractivity (Wildman–Crippen MR) is 82.3 cm³/mol. The molecule has 0 bridgehead atoms. The molecule has 1 heterocycles. The highest BCUT2D eigenvalue weighted by Gasteiger charge is 2.12. The van der Waals surface area contributed by atoms with Crippen LogP contribution in [0.2, 0.25) is 0 Å². The summed E-state index contributed by atoms with van der Waals surface area (Å²) in [6.07, 6.45) is 1.03. The van der Waals surface area contributed by atoms with Crippen molar-refractivity contribution in [3.05, 3.63) is 52.0 Å². The van der Waals surface area contributed by atoms with Crippen molar-refractivity contribution in [3.63, 3.8) is 0 Å². The van der Waals surface area contributed by atoms with Crippen LogP contribution in [-0.4, -0.2) is 15.9 Å². The highest BCUT2D eigenvalue weighted by molar-refractivity contribution is 7.09. The van der Waals surface area contributed by atoms with E-state index in [0.717, 1.165) is 19.5 Å². The van der Waals surface area contributed by atoms with Crippen molar-refractivity contribution >= 4 is 11.3 Å². The molecule has 0 amide bonds. The Kier molecular flexibility index (Phi) is 5.11. The Hall–Kier alpha value is -1.19. The molecule has 2 rings (SSSR count). The number of aryl methyl sites for hydroxylation is 1. The minimum absolute atomic E-state index is 0.520. The third-order valence-corrected chi connectivity index (χ3v) is 4.27. The zero-order valence-corrected chi connectivity index (χ0v) is 12.8. The summed E-state index contributed by atoms with van der Waals surface area (Å²) in [6, 6.07) is 11.2. The van der Waals surface area contributed by atoms with E-state index in [2.05, 4.69) is 66.4 Å². The fraction of sp³-hybridized carbons (Fsp3) is 0.438. The number of hydrogen-bond acceptors (Lipinski definition) is 3. The summed E-state index contributed by atoms with van der Waals surface area (Å²) in [7, 11) is 0. The minimum atomic E-state index is 0.520. The van der Waals surface area contributed by atoms with Crippen molar-refractivity contribution in [2.45, 2.75) is 46.3 Å². The fourth-order valence-electron chi connectivity index (χ4n) is 2.03. The second kappa shape index (κ2) is 6.83. The van der Waals surface area contributed by atoms with Gasteiger partial charge in [0.25, 0.3) is 0 Å². The maximum Gasteiger partial charge on any atom is 0.0926 e. The Bertz CT molecular complexity index is 490. The molecule has 0 atom stereocenters. The van der Waals surface area contributed by atoms with Crippen molar-refractivity contribution in [2.24, 2.45) is 0 Å². The first kappa shape index (κ1) is 14.2. The lowest BCUT2D eigenvalue weighted by atomic mass is 10.2. The summed E-state index contributed by atoms with van der Waals surface area (Å²) in [5.74, 6) is 0. The smallest absolute Gasteiger partial charge is 0.0926 e. The molecule has 19 heavy (non-hydrogen) atoms. The van der Waals surface area contributed by atoms with Gasteiger partial charge < -0.3 is 0 Å². The van der Waals surface area contributed by atoms with Gasteiger partial charge >= 0.3 is 0 Å². The van der Waals surface area contributed by atoms with E-state index in [4.69, 9.17) is 0 Å². The third-order valence-electron chi connectivity index (χ3n) is 3.23. The van der Waals surface area contributed by atoms with Gasteiger partial charge in [-0.1, -0.05) is 37.3 Å². The third kappa shape index (κ3) is 4.15. The van der Waals surface area contributed by atoms with Gasteiger partial charge in [0.2, 0.25) is 0 Å². The molecule has 0 aliphatic rings. The zero-order valence-electron chi connectivity index (χ0n) is 12.0. The Morgan fingerprint density at radius 3 is 2.47 bits per heavy atom. The Morgan fingerprint density at radius 2 is 1.89 bits per heavy atom. The van der Waals surface area contributed by atoms with E-state index in [1.165, 1.54) is 16.3 Å². The van der Waals surface area contributed by atoms with Gasteiger partial charge in [0.05, 0.1) is 10.7 Å². The minimum Gasteiger partial charge on any atom is -0.291 e. The summed E-state index contributed by atoms with van der Waals surface area (Å²) in [6.45, 7) is 8.57. The zero-order chi connectivity index (χ0) is 13.7. The van der Waals surface area contributed by atoms with Gasteiger partial charge in [-0.2, -0.15) is 0 Å². The number of thiazole rings is 1. The summed E-state index contributed by atoms with van der Waals surface area (Å²) in [5, 5.41) is 3.43. The van der Waals surface area contributed by atoms with E-state index < -0.39 is 0 Å². The van der Waals surface area contributed by atoms with Crippen molar-refractivity contribution in [2.75, 3.05) is 0 Å². The number of hydrogen-bond donors (Lipinski definition) is 0. The molecule has 2 aromatic rings. The summed E-state index contributed by atoms with van der Waals surface area (Å²) >= 11 is 1.77. The monoisotopic (exact) mass is 274 g/mol. The summed E-state index contributed by atoms with van der Waals surface area (Å²) in [5.41, 5.74) is 2.56. The molecule has 0 saturated carbocycles. The molecular formula is C16H22N2S. The lowest BCUT2D eigenvalue weighted by molar-refractivity contribution is 0.201. The second-order valence-corrected chi connectivity index (χ2v) is 6.01. The molecule has 0 saturated heterocycles. The molecule has 0 N–H and O–H groups in total. The maximum absolute atomic E-state index is 4.67. The average molecular weight is 274 g/mol. The standard InChI is InChI=1S/C16H22N2S/c1-4-16-17-15(12-19-16)11-18(13(2)3)10-14-8-6-5-7-9-14/h5-9,12-13H,4,10-11H2,1-3H3. The highest BCUT2D eigenvalue weighted by Crippen LogP contribution is 2.16. The first-order valence-corrected chi connectivity index (χ1v) is 7.78. The molecular weight excluding hydrogens is 252 g/mol. The predicted octanol–water partition coefficient (Wildman–Crippen LogP) is 4.12. The quantitative estimate of drug-likeness (QED) is 0.788. The lowest BCUT2D eigenvalue weighted by Gasteiger charge is -2.25. The fourth-order valence-corrected chi connectivity index (χ4v) is 2.77. The van der Waals surface area contributed by atoms with Crippen LogP contribution in [0.5, 0.6) is 0 Å². The largest absolute Gasteiger partial charge is 0.291 e. The maximum atomic E-state index is 4.67.